The summed E-state index contributed by atoms with van der Waals surface area (Å²) in [6.45, 7) is 3.45. The molecule has 0 saturated heterocycles. The smallest absolute Gasteiger partial charge is 0.245 e. The van der Waals surface area contributed by atoms with E-state index in [-0.39, 0.29) is 6.61 Å². The molecule has 0 aliphatic rings. The molecular formula is C6H13N5O. The number of tetrazole rings is 1. The van der Waals surface area contributed by atoms with Crippen LogP contribution in [-0.4, -0.2) is 45.0 Å². The van der Waals surface area contributed by atoms with Crippen molar-refractivity contribution >= 4 is 5.95 Å². The van der Waals surface area contributed by atoms with Crippen LogP contribution < -0.4 is 4.90 Å². The van der Waals surface area contributed by atoms with Gasteiger partial charge in [0.15, 0.2) is 0 Å². The molecule has 6 heteroatoms. The Morgan fingerprint density at radius 3 is 2.75 bits per heavy atom. The Labute approximate surface area is 70.8 Å². The Morgan fingerprint density at radius 2 is 2.33 bits per heavy atom. The van der Waals surface area contributed by atoms with Crippen LogP contribution in [0.2, 0.25) is 0 Å². The lowest BCUT2D eigenvalue weighted by Gasteiger charge is -2.18. The Kier molecular flexibility index (Phi) is 2.98. The van der Waals surface area contributed by atoms with Crippen LogP contribution in [0.3, 0.4) is 0 Å². The van der Waals surface area contributed by atoms with E-state index in [1.165, 1.54) is 0 Å². The SMILES string of the molecule is CCN(CCO)c1nnnn1C. The summed E-state index contributed by atoms with van der Waals surface area (Å²) in [6.07, 6.45) is 0. The largest absolute Gasteiger partial charge is 0.395 e. The number of hydrogen-bond donors (Lipinski definition) is 1. The van der Waals surface area contributed by atoms with Gasteiger partial charge >= 0.3 is 0 Å². The molecule has 68 valence electrons. The lowest BCUT2D eigenvalue weighted by molar-refractivity contribution is 0.301. The van der Waals surface area contributed by atoms with Crippen LogP contribution in [0.1, 0.15) is 6.92 Å². The minimum absolute atomic E-state index is 0.112. The Hall–Kier alpha value is -1.17. The molecule has 1 heterocycles. The van der Waals surface area contributed by atoms with Crippen LogP contribution in [0.4, 0.5) is 5.95 Å². The molecule has 0 atom stereocenters. The Morgan fingerprint density at radius 1 is 1.58 bits per heavy atom. The number of anilines is 1. The predicted molar refractivity (Wildman–Crippen MR) is 43.8 cm³/mol. The van der Waals surface area contributed by atoms with Gasteiger partial charge in [0.2, 0.25) is 5.95 Å². The standard InChI is InChI=1S/C6H13N5O/c1-3-11(4-5-12)6-7-8-9-10(6)2/h12H,3-5H2,1-2H3. The van der Waals surface area contributed by atoms with Crippen molar-refractivity contribution in [3.63, 3.8) is 0 Å². The minimum atomic E-state index is 0.112. The van der Waals surface area contributed by atoms with Crippen molar-refractivity contribution in [3.8, 4) is 0 Å². The molecule has 1 aromatic heterocycles. The summed E-state index contributed by atoms with van der Waals surface area (Å²) in [5, 5.41) is 19.8. The fourth-order valence-corrected chi connectivity index (χ4v) is 1.01. The third-order valence-corrected chi connectivity index (χ3v) is 1.63. The Bertz CT molecular complexity index is 236. The normalized spacial score (nSPS) is 10.2. The molecule has 12 heavy (non-hydrogen) atoms. The molecule has 0 aliphatic carbocycles. The van der Waals surface area contributed by atoms with E-state index in [4.69, 9.17) is 5.11 Å². The van der Waals surface area contributed by atoms with Crippen molar-refractivity contribution in [2.45, 2.75) is 6.92 Å². The van der Waals surface area contributed by atoms with Gasteiger partial charge in [-0.15, -0.1) is 0 Å². The summed E-state index contributed by atoms with van der Waals surface area (Å²) < 4.78 is 1.58. The second-order valence-electron chi connectivity index (χ2n) is 2.41. The van der Waals surface area contributed by atoms with Crippen LogP contribution in [-0.2, 0) is 7.05 Å². The van der Waals surface area contributed by atoms with Gasteiger partial charge in [-0.05, 0) is 17.4 Å². The minimum Gasteiger partial charge on any atom is -0.395 e. The summed E-state index contributed by atoms with van der Waals surface area (Å²) in [5.41, 5.74) is 0. The highest BCUT2D eigenvalue weighted by Crippen LogP contribution is 2.04. The molecule has 0 radical (unpaired) electrons. The first kappa shape index (κ1) is 8.92. The molecular weight excluding hydrogens is 158 g/mol. The third-order valence-electron chi connectivity index (χ3n) is 1.63. The van der Waals surface area contributed by atoms with Gasteiger partial charge in [-0.1, -0.05) is 5.10 Å². The highest BCUT2D eigenvalue weighted by molar-refractivity contribution is 5.26. The van der Waals surface area contributed by atoms with Gasteiger partial charge in [-0.25, -0.2) is 4.68 Å². The van der Waals surface area contributed by atoms with E-state index in [0.29, 0.717) is 12.5 Å². The first-order chi connectivity index (χ1) is 5.79. The zero-order valence-corrected chi connectivity index (χ0v) is 7.30. The molecule has 1 rings (SSSR count). The molecule has 1 aromatic rings. The molecule has 0 aliphatic heterocycles. The van der Waals surface area contributed by atoms with Crippen molar-refractivity contribution in [1.29, 1.82) is 0 Å². The van der Waals surface area contributed by atoms with E-state index in [9.17, 15) is 0 Å². The lowest BCUT2D eigenvalue weighted by Crippen LogP contribution is -2.28. The second kappa shape index (κ2) is 4.01. The fraction of sp³-hybridized carbons (Fsp3) is 0.833. The monoisotopic (exact) mass is 171 g/mol. The van der Waals surface area contributed by atoms with Gasteiger partial charge in [0.25, 0.3) is 0 Å². The predicted octanol–water partition coefficient (Wildman–Crippen LogP) is -0.971. The first-order valence-corrected chi connectivity index (χ1v) is 3.87. The number of rotatable bonds is 4. The number of likely N-dealkylation sites (N-methyl/N-ethyl adjacent to an activating group) is 1. The van der Waals surface area contributed by atoms with Crippen LogP contribution in [0.25, 0.3) is 0 Å². The van der Waals surface area contributed by atoms with E-state index in [1.807, 2.05) is 11.8 Å². The van der Waals surface area contributed by atoms with Crippen molar-refractivity contribution in [3.05, 3.63) is 0 Å². The van der Waals surface area contributed by atoms with Crippen molar-refractivity contribution < 1.29 is 5.11 Å². The zero-order chi connectivity index (χ0) is 8.97. The molecule has 0 aromatic carbocycles. The average Bonchev–Trinajstić information content (AvgIpc) is 2.47. The molecule has 0 amide bonds. The van der Waals surface area contributed by atoms with E-state index < -0.39 is 0 Å². The quantitative estimate of drug-likeness (QED) is 0.631. The number of aliphatic hydroxyl groups is 1. The van der Waals surface area contributed by atoms with Gasteiger partial charge in [0, 0.05) is 20.1 Å². The fourth-order valence-electron chi connectivity index (χ4n) is 1.01. The number of aryl methyl sites for hydroxylation is 1. The van der Waals surface area contributed by atoms with Gasteiger partial charge in [-0.2, -0.15) is 0 Å². The molecule has 0 unspecified atom stereocenters. The van der Waals surface area contributed by atoms with Crippen LogP contribution in [0, 0.1) is 0 Å². The van der Waals surface area contributed by atoms with Gasteiger partial charge in [-0.3, -0.25) is 0 Å². The van der Waals surface area contributed by atoms with Crippen molar-refractivity contribution in [2.75, 3.05) is 24.6 Å². The van der Waals surface area contributed by atoms with E-state index in [0.717, 1.165) is 6.54 Å². The van der Waals surface area contributed by atoms with Crippen LogP contribution >= 0.6 is 0 Å². The maximum atomic E-state index is 8.74. The van der Waals surface area contributed by atoms with Crippen LogP contribution in [0.5, 0.6) is 0 Å². The maximum Gasteiger partial charge on any atom is 0.245 e. The molecule has 0 bridgehead atoms. The highest BCUT2D eigenvalue weighted by Gasteiger charge is 2.09. The number of aromatic nitrogens is 4. The Balaban J connectivity index is 2.72. The van der Waals surface area contributed by atoms with Gasteiger partial charge < -0.3 is 10.0 Å². The zero-order valence-electron chi connectivity index (χ0n) is 7.30. The van der Waals surface area contributed by atoms with Gasteiger partial charge in [0.05, 0.1) is 6.61 Å². The molecule has 6 nitrogen and oxygen atoms in total. The first-order valence-electron chi connectivity index (χ1n) is 3.87. The maximum absolute atomic E-state index is 8.74. The summed E-state index contributed by atoms with van der Waals surface area (Å²) in [6, 6.07) is 0. The second-order valence-corrected chi connectivity index (χ2v) is 2.41. The highest BCUT2D eigenvalue weighted by atomic mass is 16.3. The summed E-state index contributed by atoms with van der Waals surface area (Å²) in [4.78, 5) is 1.90. The van der Waals surface area contributed by atoms with Gasteiger partial charge in [0.1, 0.15) is 0 Å². The molecule has 0 spiro atoms. The third kappa shape index (κ3) is 1.70. The summed E-state index contributed by atoms with van der Waals surface area (Å²) in [5.74, 6) is 0.687. The summed E-state index contributed by atoms with van der Waals surface area (Å²) in [7, 11) is 1.77. The van der Waals surface area contributed by atoms with Crippen molar-refractivity contribution in [1.82, 2.24) is 20.2 Å². The molecule has 0 saturated carbocycles. The van der Waals surface area contributed by atoms with Crippen LogP contribution in [0.15, 0.2) is 0 Å². The topological polar surface area (TPSA) is 67.1 Å². The average molecular weight is 171 g/mol. The van der Waals surface area contributed by atoms with Crippen molar-refractivity contribution in [2.24, 2.45) is 7.05 Å². The number of aliphatic hydroxyl groups excluding tert-OH is 1. The van der Waals surface area contributed by atoms with E-state index in [1.54, 1.807) is 11.7 Å². The number of nitrogens with zero attached hydrogens (tertiary/aromatic N) is 5. The molecule has 0 fully saturated rings. The lowest BCUT2D eigenvalue weighted by atomic mass is 10.5. The van der Waals surface area contributed by atoms with E-state index in [2.05, 4.69) is 15.5 Å². The molecule has 1 N–H and O–H groups in total. The number of hydrogen-bond acceptors (Lipinski definition) is 5. The summed E-state index contributed by atoms with van der Waals surface area (Å²) >= 11 is 0. The van der Waals surface area contributed by atoms with E-state index >= 15 is 0 Å².